The summed E-state index contributed by atoms with van der Waals surface area (Å²) in [4.78, 5) is 18.5. The standard InChI is InChI=1S/C13H10FN3O2S/c1-19-11-7(4-3-5-9(11)14)10-8(6-15)12(18)17-13(16-10)20-2/h3-5H,1-2H3,(H,16,17,18). The highest BCUT2D eigenvalue weighted by atomic mass is 32.2. The van der Waals surface area contributed by atoms with Gasteiger partial charge in [0, 0.05) is 5.56 Å². The van der Waals surface area contributed by atoms with E-state index in [1.807, 2.05) is 0 Å². The lowest BCUT2D eigenvalue weighted by Crippen LogP contribution is -2.15. The Morgan fingerprint density at radius 1 is 1.50 bits per heavy atom. The van der Waals surface area contributed by atoms with E-state index in [-0.39, 0.29) is 22.6 Å². The van der Waals surface area contributed by atoms with Crippen LogP contribution in [0, 0.1) is 17.1 Å². The topological polar surface area (TPSA) is 78.8 Å². The summed E-state index contributed by atoms with van der Waals surface area (Å²) in [5, 5.41) is 9.45. The van der Waals surface area contributed by atoms with Crippen LogP contribution >= 0.6 is 11.8 Å². The van der Waals surface area contributed by atoms with Gasteiger partial charge in [-0.1, -0.05) is 17.8 Å². The Hall–Kier alpha value is -2.33. The summed E-state index contributed by atoms with van der Waals surface area (Å²) in [6.07, 6.45) is 1.73. The van der Waals surface area contributed by atoms with Gasteiger partial charge in [-0.2, -0.15) is 5.26 Å². The summed E-state index contributed by atoms with van der Waals surface area (Å²) in [5.74, 6) is -0.629. The number of thioether (sulfide) groups is 1. The summed E-state index contributed by atoms with van der Waals surface area (Å²) in [5.41, 5.74) is -0.359. The lowest BCUT2D eigenvalue weighted by molar-refractivity contribution is 0.388. The van der Waals surface area contributed by atoms with E-state index in [2.05, 4.69) is 9.97 Å². The first-order valence-electron chi connectivity index (χ1n) is 5.53. The molecular formula is C13H10FN3O2S. The molecular weight excluding hydrogens is 281 g/mol. The molecule has 0 aliphatic carbocycles. The molecule has 2 aromatic rings. The Kier molecular flexibility index (Phi) is 4.05. The van der Waals surface area contributed by atoms with Crippen LogP contribution in [0.4, 0.5) is 4.39 Å². The van der Waals surface area contributed by atoms with E-state index in [1.54, 1.807) is 18.4 Å². The van der Waals surface area contributed by atoms with Crippen LogP contribution in [0.1, 0.15) is 5.56 Å². The minimum atomic E-state index is -0.582. The number of nitrogens with zero attached hydrogens (tertiary/aromatic N) is 2. The maximum atomic E-state index is 13.7. The normalized spacial score (nSPS) is 10.1. The molecule has 0 spiro atoms. The van der Waals surface area contributed by atoms with Gasteiger partial charge in [0.2, 0.25) is 0 Å². The van der Waals surface area contributed by atoms with Gasteiger partial charge in [-0.15, -0.1) is 0 Å². The third-order valence-corrected chi connectivity index (χ3v) is 3.21. The molecule has 0 aliphatic rings. The van der Waals surface area contributed by atoms with Crippen LogP contribution in [0.3, 0.4) is 0 Å². The molecule has 0 bridgehead atoms. The van der Waals surface area contributed by atoms with Crippen molar-refractivity contribution < 1.29 is 9.13 Å². The Morgan fingerprint density at radius 3 is 2.85 bits per heavy atom. The predicted molar refractivity (Wildman–Crippen MR) is 73.3 cm³/mol. The van der Waals surface area contributed by atoms with Crippen molar-refractivity contribution in [3.8, 4) is 23.1 Å². The van der Waals surface area contributed by atoms with Crippen LogP contribution in [0.25, 0.3) is 11.3 Å². The number of halogens is 1. The van der Waals surface area contributed by atoms with Crippen molar-refractivity contribution in [3.05, 3.63) is 39.9 Å². The van der Waals surface area contributed by atoms with E-state index < -0.39 is 11.4 Å². The van der Waals surface area contributed by atoms with Gasteiger partial charge in [0.15, 0.2) is 16.7 Å². The molecule has 0 aliphatic heterocycles. The average Bonchev–Trinajstić information content (AvgIpc) is 2.46. The molecule has 1 heterocycles. The van der Waals surface area contributed by atoms with Crippen LogP contribution in [0.2, 0.25) is 0 Å². The summed E-state index contributed by atoms with van der Waals surface area (Å²) >= 11 is 1.22. The Bertz CT molecular complexity index is 752. The molecule has 7 heteroatoms. The number of methoxy groups -OCH3 is 1. The lowest BCUT2D eigenvalue weighted by Gasteiger charge is -2.10. The van der Waals surface area contributed by atoms with E-state index in [1.165, 1.54) is 31.0 Å². The number of ether oxygens (including phenoxy) is 1. The van der Waals surface area contributed by atoms with Crippen LogP contribution in [-0.2, 0) is 0 Å². The number of nitrogens with one attached hydrogen (secondary N) is 1. The van der Waals surface area contributed by atoms with E-state index in [9.17, 15) is 9.18 Å². The van der Waals surface area contributed by atoms with Crippen molar-refractivity contribution in [2.24, 2.45) is 0 Å². The van der Waals surface area contributed by atoms with Crippen LogP contribution in [0.15, 0.2) is 28.2 Å². The van der Waals surface area contributed by atoms with Gasteiger partial charge >= 0.3 is 0 Å². The molecule has 0 radical (unpaired) electrons. The summed E-state index contributed by atoms with van der Waals surface area (Å²) in [6, 6.07) is 6.04. The third kappa shape index (κ3) is 2.38. The maximum Gasteiger partial charge on any atom is 0.270 e. The average molecular weight is 291 g/mol. The lowest BCUT2D eigenvalue weighted by atomic mass is 10.1. The molecule has 1 aromatic carbocycles. The third-order valence-electron chi connectivity index (χ3n) is 2.63. The minimum absolute atomic E-state index is 0.0471. The summed E-state index contributed by atoms with van der Waals surface area (Å²) in [6.45, 7) is 0. The number of hydrogen-bond acceptors (Lipinski definition) is 5. The van der Waals surface area contributed by atoms with Gasteiger partial charge in [-0.3, -0.25) is 4.79 Å². The second-order valence-electron chi connectivity index (χ2n) is 3.73. The number of aromatic amines is 1. The summed E-state index contributed by atoms with van der Waals surface area (Å²) in [7, 11) is 1.32. The zero-order valence-electron chi connectivity index (χ0n) is 10.7. The van der Waals surface area contributed by atoms with Crippen molar-refractivity contribution in [2.45, 2.75) is 5.16 Å². The number of benzene rings is 1. The molecule has 1 N–H and O–H groups in total. The number of hydrogen-bond donors (Lipinski definition) is 1. The minimum Gasteiger partial charge on any atom is -0.493 e. The number of aromatic nitrogens is 2. The highest BCUT2D eigenvalue weighted by molar-refractivity contribution is 7.98. The molecule has 0 saturated heterocycles. The molecule has 5 nitrogen and oxygen atoms in total. The van der Waals surface area contributed by atoms with Gasteiger partial charge < -0.3 is 9.72 Å². The maximum absolute atomic E-state index is 13.7. The molecule has 0 atom stereocenters. The summed E-state index contributed by atoms with van der Waals surface area (Å²) < 4.78 is 18.7. The molecule has 0 fully saturated rings. The van der Waals surface area contributed by atoms with Crippen molar-refractivity contribution in [1.29, 1.82) is 5.26 Å². The Labute approximate surface area is 118 Å². The smallest absolute Gasteiger partial charge is 0.270 e. The molecule has 1 aromatic heterocycles. The Balaban J connectivity index is 2.82. The van der Waals surface area contributed by atoms with E-state index in [0.717, 1.165) is 0 Å². The number of rotatable bonds is 3. The van der Waals surface area contributed by atoms with Crippen molar-refractivity contribution in [2.75, 3.05) is 13.4 Å². The molecule has 2 rings (SSSR count). The van der Waals surface area contributed by atoms with Gasteiger partial charge in [-0.25, -0.2) is 9.37 Å². The largest absolute Gasteiger partial charge is 0.493 e. The Morgan fingerprint density at radius 2 is 2.25 bits per heavy atom. The van der Waals surface area contributed by atoms with E-state index in [0.29, 0.717) is 5.16 Å². The SMILES string of the molecule is COc1c(F)cccc1-c1nc(SC)[nH]c(=O)c1C#N. The monoisotopic (exact) mass is 291 g/mol. The molecule has 0 unspecified atom stereocenters. The number of H-pyrrole nitrogens is 1. The van der Waals surface area contributed by atoms with Gasteiger partial charge in [0.05, 0.1) is 7.11 Å². The molecule has 0 amide bonds. The number of nitriles is 1. The molecule has 102 valence electrons. The fourth-order valence-electron chi connectivity index (χ4n) is 1.75. The van der Waals surface area contributed by atoms with Crippen molar-refractivity contribution in [1.82, 2.24) is 9.97 Å². The zero-order valence-corrected chi connectivity index (χ0v) is 11.5. The first-order valence-corrected chi connectivity index (χ1v) is 6.76. The second-order valence-corrected chi connectivity index (χ2v) is 4.53. The first-order chi connectivity index (χ1) is 9.62. The first kappa shape index (κ1) is 14.1. The fraction of sp³-hybridized carbons (Fsp3) is 0.154. The van der Waals surface area contributed by atoms with Gasteiger partial charge in [0.1, 0.15) is 17.3 Å². The second kappa shape index (κ2) is 5.75. The van der Waals surface area contributed by atoms with Crippen molar-refractivity contribution in [3.63, 3.8) is 0 Å². The molecule has 0 saturated carbocycles. The van der Waals surface area contributed by atoms with Gasteiger partial charge in [0.25, 0.3) is 5.56 Å². The molecule has 20 heavy (non-hydrogen) atoms. The number of para-hydroxylation sites is 1. The van der Waals surface area contributed by atoms with Crippen LogP contribution in [0.5, 0.6) is 5.75 Å². The quantitative estimate of drug-likeness (QED) is 0.692. The van der Waals surface area contributed by atoms with Gasteiger partial charge in [-0.05, 0) is 18.4 Å². The van der Waals surface area contributed by atoms with Crippen LogP contribution in [-0.4, -0.2) is 23.3 Å². The van der Waals surface area contributed by atoms with Crippen molar-refractivity contribution >= 4 is 11.8 Å². The fourth-order valence-corrected chi connectivity index (χ4v) is 2.13. The highest BCUT2D eigenvalue weighted by Gasteiger charge is 2.18. The van der Waals surface area contributed by atoms with E-state index >= 15 is 0 Å². The highest BCUT2D eigenvalue weighted by Crippen LogP contribution is 2.32. The van der Waals surface area contributed by atoms with E-state index in [4.69, 9.17) is 10.00 Å². The van der Waals surface area contributed by atoms with Crippen LogP contribution < -0.4 is 10.3 Å². The predicted octanol–water partition coefficient (Wildman–Crippen LogP) is 2.18. The zero-order chi connectivity index (χ0) is 14.7.